The normalized spacial score (nSPS) is 13.6. The number of nitrogens with zero attached hydrogens (tertiary/aromatic N) is 1. The zero-order chi connectivity index (χ0) is 14.2. The molecule has 1 atom stereocenters. The third-order valence-corrected chi connectivity index (χ3v) is 3.79. The fraction of sp³-hybridized carbons (Fsp3) is 0.167. The molecule has 0 aliphatic carbocycles. The van der Waals surface area contributed by atoms with Gasteiger partial charge in [0.05, 0.1) is 0 Å². The summed E-state index contributed by atoms with van der Waals surface area (Å²) in [6, 6.07) is 20.8. The zero-order valence-electron chi connectivity index (χ0n) is 11.6. The van der Waals surface area contributed by atoms with E-state index in [1.165, 1.54) is 5.56 Å². The van der Waals surface area contributed by atoms with Crippen molar-refractivity contribution in [1.82, 2.24) is 0 Å². The molecular formula is C18H18NSe. The van der Waals surface area contributed by atoms with Crippen LogP contribution < -0.4 is 0 Å². The van der Waals surface area contributed by atoms with Gasteiger partial charge in [0.1, 0.15) is 0 Å². The van der Waals surface area contributed by atoms with E-state index in [9.17, 15) is 0 Å². The molecule has 20 heavy (non-hydrogen) atoms. The summed E-state index contributed by atoms with van der Waals surface area (Å²) in [6.45, 7) is 2.04. The van der Waals surface area contributed by atoms with Crippen LogP contribution in [0.5, 0.6) is 0 Å². The Morgan fingerprint density at radius 2 is 1.65 bits per heavy atom. The first kappa shape index (κ1) is 14.8. The van der Waals surface area contributed by atoms with Crippen LogP contribution >= 0.6 is 0 Å². The minimum atomic E-state index is 0.156. The van der Waals surface area contributed by atoms with Crippen LogP contribution in [0.1, 0.15) is 30.5 Å². The molecule has 0 aliphatic heterocycles. The zero-order valence-corrected chi connectivity index (χ0v) is 13.3. The van der Waals surface area contributed by atoms with Crippen molar-refractivity contribution in [1.29, 1.82) is 0 Å². The van der Waals surface area contributed by atoms with Crippen molar-refractivity contribution in [3.05, 3.63) is 83.9 Å². The van der Waals surface area contributed by atoms with Gasteiger partial charge in [-0.25, -0.2) is 0 Å². The van der Waals surface area contributed by atoms with E-state index < -0.39 is 0 Å². The van der Waals surface area contributed by atoms with Crippen LogP contribution in [-0.2, 0) is 0 Å². The Morgan fingerprint density at radius 1 is 1.05 bits per heavy atom. The predicted octanol–water partition coefficient (Wildman–Crippen LogP) is 4.31. The predicted molar refractivity (Wildman–Crippen MR) is 87.3 cm³/mol. The third kappa shape index (κ3) is 4.19. The number of benzene rings is 2. The SMILES string of the molecule is C/C=C/CC(N=C([Se])c1ccccc1)c1ccccc1. The van der Waals surface area contributed by atoms with Crippen molar-refractivity contribution in [2.24, 2.45) is 4.99 Å². The van der Waals surface area contributed by atoms with Crippen molar-refractivity contribution in [2.75, 3.05) is 0 Å². The number of hydrogen-bond donors (Lipinski definition) is 0. The van der Waals surface area contributed by atoms with Gasteiger partial charge in [0.15, 0.2) is 0 Å². The molecule has 1 nitrogen and oxygen atoms in total. The first-order valence-corrected chi connectivity index (χ1v) is 7.63. The number of hydrogen-bond acceptors (Lipinski definition) is 1. The van der Waals surface area contributed by atoms with Gasteiger partial charge in [0, 0.05) is 0 Å². The van der Waals surface area contributed by atoms with E-state index in [1.54, 1.807) is 0 Å². The van der Waals surface area contributed by atoms with Crippen LogP contribution in [0.15, 0.2) is 77.8 Å². The Balaban J connectivity index is 2.28. The van der Waals surface area contributed by atoms with Gasteiger partial charge in [0.25, 0.3) is 0 Å². The summed E-state index contributed by atoms with van der Waals surface area (Å²) >= 11 is 3.10. The van der Waals surface area contributed by atoms with Crippen LogP contribution in [0.2, 0.25) is 0 Å². The van der Waals surface area contributed by atoms with Crippen LogP contribution in [0.3, 0.4) is 0 Å². The Labute approximate surface area is 129 Å². The van der Waals surface area contributed by atoms with E-state index >= 15 is 0 Å². The number of allylic oxidation sites excluding steroid dienone is 1. The average molecular weight is 327 g/mol. The van der Waals surface area contributed by atoms with Gasteiger partial charge in [-0.05, 0) is 0 Å². The molecule has 0 fully saturated rings. The maximum absolute atomic E-state index is 4.86. The maximum atomic E-state index is 4.86. The number of aliphatic imine (C=N–C) groups is 1. The molecule has 1 unspecified atom stereocenters. The summed E-state index contributed by atoms with van der Waals surface area (Å²) in [4.78, 5) is 4.86. The summed E-state index contributed by atoms with van der Waals surface area (Å²) < 4.78 is 0.962. The molecule has 0 N–H and O–H groups in total. The van der Waals surface area contributed by atoms with Gasteiger partial charge in [-0.2, -0.15) is 0 Å². The molecule has 0 amide bonds. The molecule has 2 heteroatoms. The molecule has 0 spiro atoms. The van der Waals surface area contributed by atoms with Gasteiger partial charge in [-0.3, -0.25) is 0 Å². The van der Waals surface area contributed by atoms with Crippen LogP contribution in [-0.4, -0.2) is 20.6 Å². The average Bonchev–Trinajstić information content (AvgIpc) is 2.53. The fourth-order valence-corrected chi connectivity index (χ4v) is 2.55. The molecule has 0 heterocycles. The summed E-state index contributed by atoms with van der Waals surface area (Å²) in [7, 11) is 0. The van der Waals surface area contributed by atoms with Gasteiger partial charge in [0.2, 0.25) is 0 Å². The molecule has 0 bridgehead atoms. The van der Waals surface area contributed by atoms with Crippen molar-refractivity contribution >= 4 is 20.6 Å². The third-order valence-electron chi connectivity index (χ3n) is 3.07. The van der Waals surface area contributed by atoms with E-state index in [2.05, 4.69) is 64.6 Å². The van der Waals surface area contributed by atoms with Gasteiger partial charge >= 0.3 is 129 Å². The summed E-state index contributed by atoms with van der Waals surface area (Å²) in [6.07, 6.45) is 5.16. The first-order chi connectivity index (χ1) is 9.81. The van der Waals surface area contributed by atoms with E-state index in [0.717, 1.165) is 16.6 Å². The Hall–Kier alpha value is -1.63. The number of rotatable bonds is 5. The van der Waals surface area contributed by atoms with Gasteiger partial charge in [-0.15, -0.1) is 0 Å². The quantitative estimate of drug-likeness (QED) is 0.441. The van der Waals surface area contributed by atoms with Gasteiger partial charge < -0.3 is 0 Å². The Bertz CT molecular complexity index is 573. The van der Waals surface area contributed by atoms with Crippen molar-refractivity contribution in [3.8, 4) is 0 Å². The first-order valence-electron chi connectivity index (χ1n) is 6.77. The second kappa shape index (κ2) is 7.84. The molecule has 2 rings (SSSR count). The van der Waals surface area contributed by atoms with Crippen LogP contribution in [0.25, 0.3) is 0 Å². The molecule has 2 aromatic carbocycles. The van der Waals surface area contributed by atoms with Gasteiger partial charge in [-0.1, -0.05) is 0 Å². The summed E-state index contributed by atoms with van der Waals surface area (Å²) in [5.41, 5.74) is 2.38. The topological polar surface area (TPSA) is 12.4 Å². The second-order valence-corrected chi connectivity index (χ2v) is 5.34. The van der Waals surface area contributed by atoms with E-state index in [-0.39, 0.29) is 6.04 Å². The van der Waals surface area contributed by atoms with Crippen LogP contribution in [0.4, 0.5) is 0 Å². The van der Waals surface area contributed by atoms with E-state index in [0.29, 0.717) is 0 Å². The minimum absolute atomic E-state index is 0.156. The molecule has 0 saturated carbocycles. The van der Waals surface area contributed by atoms with Crippen molar-refractivity contribution in [2.45, 2.75) is 19.4 Å². The standard InChI is InChI=1S/C18H18NSe/c1-2-3-14-17(15-10-6-4-7-11-15)19-18(20)16-12-8-5-9-13-16/h2-13,17H,14H2,1H3/b3-2+,19-18?. The van der Waals surface area contributed by atoms with Crippen molar-refractivity contribution in [3.63, 3.8) is 0 Å². The van der Waals surface area contributed by atoms with E-state index in [1.807, 2.05) is 31.2 Å². The summed E-state index contributed by atoms with van der Waals surface area (Å²) in [5, 5.41) is 0. The molecule has 101 valence electrons. The Morgan fingerprint density at radius 3 is 2.25 bits per heavy atom. The van der Waals surface area contributed by atoms with Crippen molar-refractivity contribution < 1.29 is 0 Å². The Kier molecular flexibility index (Phi) is 5.79. The van der Waals surface area contributed by atoms with E-state index in [4.69, 9.17) is 4.99 Å². The molecule has 0 saturated heterocycles. The molecule has 2 aromatic rings. The fourth-order valence-electron chi connectivity index (χ4n) is 2.00. The monoisotopic (exact) mass is 328 g/mol. The van der Waals surface area contributed by atoms with Crippen LogP contribution in [0, 0.1) is 0 Å². The molecule has 0 aromatic heterocycles. The molecule has 1 radical (unpaired) electrons. The summed E-state index contributed by atoms with van der Waals surface area (Å²) in [5.74, 6) is 0. The second-order valence-electron chi connectivity index (χ2n) is 4.53. The molecule has 0 aliphatic rings. The molecular weight excluding hydrogens is 309 g/mol.